The molecule has 0 aromatic heterocycles. The maximum Gasteiger partial charge on any atom is 0.326 e. The highest BCUT2D eigenvalue weighted by Gasteiger charge is 2.18. The lowest BCUT2D eigenvalue weighted by Gasteiger charge is -2.13. The number of aliphatic carboxylic acids is 1. The highest BCUT2D eigenvalue weighted by molar-refractivity contribution is 5.83. The van der Waals surface area contributed by atoms with E-state index >= 15 is 0 Å². The number of nitrogens with one attached hydrogen (secondary N) is 2. The van der Waals surface area contributed by atoms with E-state index < -0.39 is 37.0 Å². The zero-order valence-corrected chi connectivity index (χ0v) is 9.89. The van der Waals surface area contributed by atoms with Gasteiger partial charge in [-0.1, -0.05) is 0 Å². The molecule has 0 heterocycles. The third kappa shape index (κ3) is 7.58. The lowest BCUT2D eigenvalue weighted by Crippen LogP contribution is -2.42. The van der Waals surface area contributed by atoms with Crippen molar-refractivity contribution in [3.8, 4) is 0 Å². The Balaban J connectivity index is 3.81. The Morgan fingerprint density at radius 2 is 1.61 bits per heavy atom. The second-order valence-electron chi connectivity index (χ2n) is 3.62. The van der Waals surface area contributed by atoms with Crippen molar-refractivity contribution in [1.82, 2.24) is 10.6 Å². The van der Waals surface area contributed by atoms with E-state index in [0.717, 1.165) is 0 Å². The number of rotatable bonds is 9. The van der Waals surface area contributed by atoms with Gasteiger partial charge in [-0.05, 0) is 19.3 Å². The summed E-state index contributed by atoms with van der Waals surface area (Å²) >= 11 is 0. The molecule has 104 valence electrons. The SMILES string of the molecule is O=C(CO)NCCCC[C@@H](NC(=O)CO)C(=O)O. The molecule has 1 atom stereocenters. The Morgan fingerprint density at radius 3 is 2.11 bits per heavy atom. The fourth-order valence-electron chi connectivity index (χ4n) is 1.25. The summed E-state index contributed by atoms with van der Waals surface area (Å²) in [5, 5.41) is 30.3. The first-order chi connectivity index (χ1) is 8.51. The molecule has 0 aromatic carbocycles. The van der Waals surface area contributed by atoms with Gasteiger partial charge in [0.25, 0.3) is 0 Å². The fourth-order valence-corrected chi connectivity index (χ4v) is 1.25. The first kappa shape index (κ1) is 16.3. The minimum atomic E-state index is -1.17. The van der Waals surface area contributed by atoms with Gasteiger partial charge >= 0.3 is 5.97 Å². The van der Waals surface area contributed by atoms with Gasteiger partial charge < -0.3 is 26.0 Å². The van der Waals surface area contributed by atoms with Crippen molar-refractivity contribution in [1.29, 1.82) is 0 Å². The van der Waals surface area contributed by atoms with E-state index in [4.69, 9.17) is 15.3 Å². The molecule has 0 radical (unpaired) electrons. The van der Waals surface area contributed by atoms with Gasteiger partial charge in [0.1, 0.15) is 19.3 Å². The standard InChI is InChI=1S/C10H18N2O6/c13-5-8(15)11-4-2-1-3-7(10(17)18)12-9(16)6-14/h7,13-14H,1-6H2,(H,11,15)(H,12,16)(H,17,18)/t7-/m1/s1. The zero-order chi connectivity index (χ0) is 14.0. The van der Waals surface area contributed by atoms with E-state index in [-0.39, 0.29) is 6.42 Å². The molecule has 0 spiro atoms. The lowest BCUT2D eigenvalue weighted by molar-refractivity contribution is -0.142. The lowest BCUT2D eigenvalue weighted by atomic mass is 10.1. The van der Waals surface area contributed by atoms with Crippen molar-refractivity contribution in [2.75, 3.05) is 19.8 Å². The van der Waals surface area contributed by atoms with E-state index in [0.29, 0.717) is 19.4 Å². The Morgan fingerprint density at radius 1 is 1.00 bits per heavy atom. The van der Waals surface area contributed by atoms with Crippen LogP contribution in [0.15, 0.2) is 0 Å². The van der Waals surface area contributed by atoms with Crippen molar-refractivity contribution < 1.29 is 29.7 Å². The maximum absolute atomic E-state index is 10.8. The van der Waals surface area contributed by atoms with E-state index in [1.807, 2.05) is 0 Å². The molecule has 18 heavy (non-hydrogen) atoms. The Kier molecular flexibility index (Phi) is 8.50. The van der Waals surface area contributed by atoms with Crippen LogP contribution in [0.1, 0.15) is 19.3 Å². The van der Waals surface area contributed by atoms with Crippen LogP contribution in [0, 0.1) is 0 Å². The summed E-state index contributed by atoms with van der Waals surface area (Å²) in [6, 6.07) is -1.04. The van der Waals surface area contributed by atoms with Crippen molar-refractivity contribution in [3.63, 3.8) is 0 Å². The first-order valence-corrected chi connectivity index (χ1v) is 5.51. The fraction of sp³-hybridized carbons (Fsp3) is 0.700. The largest absolute Gasteiger partial charge is 0.480 e. The molecule has 8 nitrogen and oxygen atoms in total. The predicted molar refractivity (Wildman–Crippen MR) is 60.6 cm³/mol. The third-order valence-electron chi connectivity index (χ3n) is 2.16. The summed E-state index contributed by atoms with van der Waals surface area (Å²) in [5.74, 6) is -2.40. The number of aliphatic hydroxyl groups excluding tert-OH is 2. The Bertz CT molecular complexity index is 294. The molecule has 2 amide bonds. The average molecular weight is 262 g/mol. The molecule has 0 saturated heterocycles. The van der Waals surface area contributed by atoms with Crippen molar-refractivity contribution in [2.24, 2.45) is 0 Å². The van der Waals surface area contributed by atoms with Gasteiger partial charge in [-0.25, -0.2) is 4.79 Å². The van der Waals surface area contributed by atoms with Gasteiger partial charge in [-0.2, -0.15) is 0 Å². The molecule has 0 saturated carbocycles. The number of amides is 2. The van der Waals surface area contributed by atoms with Crippen molar-refractivity contribution in [3.05, 3.63) is 0 Å². The monoisotopic (exact) mass is 262 g/mol. The molecule has 0 aliphatic rings. The van der Waals surface area contributed by atoms with Gasteiger partial charge in [0.05, 0.1) is 0 Å². The minimum Gasteiger partial charge on any atom is -0.480 e. The smallest absolute Gasteiger partial charge is 0.326 e. The summed E-state index contributed by atoms with van der Waals surface area (Å²) < 4.78 is 0. The summed E-state index contributed by atoms with van der Waals surface area (Å²) in [6.45, 7) is -1.000. The topological polar surface area (TPSA) is 136 Å². The number of unbranched alkanes of at least 4 members (excludes halogenated alkanes) is 1. The molecule has 5 N–H and O–H groups in total. The highest BCUT2D eigenvalue weighted by Crippen LogP contribution is 2.01. The van der Waals surface area contributed by atoms with Crippen LogP contribution in [0.25, 0.3) is 0 Å². The van der Waals surface area contributed by atoms with Gasteiger partial charge in [0.15, 0.2) is 0 Å². The first-order valence-electron chi connectivity index (χ1n) is 5.51. The van der Waals surface area contributed by atoms with Crippen LogP contribution in [0.5, 0.6) is 0 Å². The van der Waals surface area contributed by atoms with Gasteiger partial charge in [-0.15, -0.1) is 0 Å². The molecule has 0 aromatic rings. The summed E-state index contributed by atoms with van der Waals surface area (Å²) in [5.41, 5.74) is 0. The minimum absolute atomic E-state index is 0.204. The number of hydrogen-bond donors (Lipinski definition) is 5. The van der Waals surface area contributed by atoms with Crippen LogP contribution in [0.2, 0.25) is 0 Å². The molecule has 0 fully saturated rings. The van der Waals surface area contributed by atoms with E-state index in [9.17, 15) is 14.4 Å². The number of aliphatic hydroxyl groups is 2. The van der Waals surface area contributed by atoms with Crippen molar-refractivity contribution >= 4 is 17.8 Å². The van der Waals surface area contributed by atoms with E-state index in [1.54, 1.807) is 0 Å². The van der Waals surface area contributed by atoms with E-state index in [1.165, 1.54) is 0 Å². The second-order valence-corrected chi connectivity index (χ2v) is 3.62. The number of carbonyl (C=O) groups is 3. The number of hydrogen-bond acceptors (Lipinski definition) is 5. The molecular formula is C10H18N2O6. The van der Waals surface area contributed by atoms with Gasteiger partial charge in [0, 0.05) is 6.54 Å². The van der Waals surface area contributed by atoms with Crippen LogP contribution >= 0.6 is 0 Å². The number of carbonyl (C=O) groups excluding carboxylic acids is 2. The van der Waals surface area contributed by atoms with Crippen LogP contribution in [0.4, 0.5) is 0 Å². The Labute approximate surface area is 104 Å². The summed E-state index contributed by atoms with van der Waals surface area (Å²) in [6.07, 6.45) is 1.22. The molecule has 0 aliphatic carbocycles. The molecule has 0 aliphatic heterocycles. The number of carboxylic acids is 1. The van der Waals surface area contributed by atoms with Crippen LogP contribution in [0.3, 0.4) is 0 Å². The highest BCUT2D eigenvalue weighted by atomic mass is 16.4. The molecular weight excluding hydrogens is 244 g/mol. The Hall–Kier alpha value is -1.67. The quantitative estimate of drug-likeness (QED) is 0.300. The second kappa shape index (κ2) is 9.37. The average Bonchev–Trinajstić information content (AvgIpc) is 2.35. The zero-order valence-electron chi connectivity index (χ0n) is 9.89. The maximum atomic E-state index is 10.8. The summed E-state index contributed by atoms with van der Waals surface area (Å²) in [7, 11) is 0. The predicted octanol–water partition coefficient (Wildman–Crippen LogP) is -2.17. The van der Waals surface area contributed by atoms with Gasteiger partial charge in [0.2, 0.25) is 11.8 Å². The number of carboxylic acid groups (broad SMARTS) is 1. The van der Waals surface area contributed by atoms with Crippen LogP contribution < -0.4 is 10.6 Å². The van der Waals surface area contributed by atoms with Crippen LogP contribution in [-0.2, 0) is 14.4 Å². The van der Waals surface area contributed by atoms with E-state index in [2.05, 4.69) is 10.6 Å². The van der Waals surface area contributed by atoms with Crippen LogP contribution in [-0.4, -0.2) is 58.9 Å². The molecule has 0 rings (SSSR count). The van der Waals surface area contributed by atoms with Gasteiger partial charge in [-0.3, -0.25) is 9.59 Å². The molecule has 0 bridgehead atoms. The molecule has 0 unspecified atom stereocenters. The third-order valence-corrected chi connectivity index (χ3v) is 2.16. The normalized spacial score (nSPS) is 11.7. The molecule has 8 heteroatoms. The van der Waals surface area contributed by atoms with Crippen molar-refractivity contribution in [2.45, 2.75) is 25.3 Å². The summed E-state index contributed by atoms with van der Waals surface area (Å²) in [4.78, 5) is 32.3.